The van der Waals surface area contributed by atoms with Crippen LogP contribution in [-0.4, -0.2) is 41.9 Å². The first-order valence-electron chi connectivity index (χ1n) is 6.87. The third-order valence-electron chi connectivity index (χ3n) is 3.80. The Hall–Kier alpha value is -1.34. The quantitative estimate of drug-likeness (QED) is 0.869. The number of hydrogen-bond donors (Lipinski definition) is 2. The topological polar surface area (TPSA) is 90.5 Å². The lowest BCUT2D eigenvalue weighted by Gasteiger charge is -2.30. The van der Waals surface area contributed by atoms with Crippen LogP contribution in [0.5, 0.6) is 0 Å². The molecule has 1 fully saturated rings. The molecule has 7 heteroatoms. The second-order valence-electron chi connectivity index (χ2n) is 5.19. The van der Waals surface area contributed by atoms with Gasteiger partial charge >= 0.3 is 5.97 Å². The Balaban J connectivity index is 2.09. The zero-order valence-corrected chi connectivity index (χ0v) is 12.3. The van der Waals surface area contributed by atoms with Crippen LogP contribution in [0.2, 0.25) is 0 Å². The van der Waals surface area contributed by atoms with Gasteiger partial charge in [0, 0.05) is 19.3 Å². The molecule has 1 aromatic heterocycles. The molecule has 2 rings (SSSR count). The zero-order valence-electron chi connectivity index (χ0n) is 11.5. The van der Waals surface area contributed by atoms with Crippen molar-refractivity contribution in [3.8, 4) is 0 Å². The van der Waals surface area contributed by atoms with Crippen LogP contribution < -0.4 is 0 Å². The number of carboxylic acids is 1. The van der Waals surface area contributed by atoms with E-state index in [0.717, 1.165) is 25.7 Å². The Labute approximate surface area is 118 Å². The molecule has 0 radical (unpaired) electrons. The molecule has 0 bridgehead atoms. The summed E-state index contributed by atoms with van der Waals surface area (Å²) >= 11 is 0. The van der Waals surface area contributed by atoms with Gasteiger partial charge in [-0.1, -0.05) is 19.8 Å². The summed E-state index contributed by atoms with van der Waals surface area (Å²) in [6.07, 6.45) is 5.27. The molecule has 2 heterocycles. The summed E-state index contributed by atoms with van der Waals surface area (Å²) in [6.45, 7) is 3.16. The van der Waals surface area contributed by atoms with E-state index >= 15 is 0 Å². The maximum absolute atomic E-state index is 12.4. The highest BCUT2D eigenvalue weighted by atomic mass is 32.2. The van der Waals surface area contributed by atoms with Crippen molar-refractivity contribution in [3.05, 3.63) is 18.0 Å². The van der Waals surface area contributed by atoms with Crippen LogP contribution in [0.15, 0.2) is 17.2 Å². The highest BCUT2D eigenvalue weighted by molar-refractivity contribution is 7.89. The largest absolute Gasteiger partial charge is 0.477 e. The minimum absolute atomic E-state index is 0.0313. The highest BCUT2D eigenvalue weighted by Gasteiger charge is 2.30. The molecule has 112 valence electrons. The van der Waals surface area contributed by atoms with Crippen LogP contribution in [0, 0.1) is 5.92 Å². The standard InChI is InChI=1S/C13H20N2O4S/c1-2-3-10-4-6-15(7-5-10)20(18,19)11-8-12(13(16)17)14-9-11/h8-10,14H,2-7H2,1H3,(H,16,17). The maximum Gasteiger partial charge on any atom is 0.352 e. The third-order valence-corrected chi connectivity index (χ3v) is 5.67. The van der Waals surface area contributed by atoms with E-state index < -0.39 is 16.0 Å². The number of carbonyl (C=O) groups is 1. The molecule has 0 aliphatic carbocycles. The van der Waals surface area contributed by atoms with E-state index in [2.05, 4.69) is 11.9 Å². The molecular formula is C13H20N2O4S. The summed E-state index contributed by atoms with van der Waals surface area (Å²) in [6, 6.07) is 1.18. The Bertz CT molecular complexity index is 571. The van der Waals surface area contributed by atoms with Crippen LogP contribution in [0.25, 0.3) is 0 Å². The lowest BCUT2D eigenvalue weighted by atomic mass is 9.94. The molecule has 6 nitrogen and oxygen atoms in total. The van der Waals surface area contributed by atoms with E-state index in [-0.39, 0.29) is 10.6 Å². The normalized spacial score (nSPS) is 18.2. The minimum Gasteiger partial charge on any atom is -0.477 e. The van der Waals surface area contributed by atoms with Crippen molar-refractivity contribution in [1.82, 2.24) is 9.29 Å². The lowest BCUT2D eigenvalue weighted by molar-refractivity contribution is 0.0691. The smallest absolute Gasteiger partial charge is 0.352 e. The van der Waals surface area contributed by atoms with Crippen molar-refractivity contribution in [2.75, 3.05) is 13.1 Å². The van der Waals surface area contributed by atoms with E-state index in [4.69, 9.17) is 5.11 Å². The van der Waals surface area contributed by atoms with Gasteiger partial charge < -0.3 is 10.1 Å². The molecular weight excluding hydrogens is 280 g/mol. The fourth-order valence-electron chi connectivity index (χ4n) is 2.64. The summed E-state index contributed by atoms with van der Waals surface area (Å²) in [5.74, 6) is -0.555. The van der Waals surface area contributed by atoms with Crippen LogP contribution in [-0.2, 0) is 10.0 Å². The van der Waals surface area contributed by atoms with Crippen molar-refractivity contribution in [2.45, 2.75) is 37.5 Å². The van der Waals surface area contributed by atoms with Crippen molar-refractivity contribution in [2.24, 2.45) is 5.92 Å². The van der Waals surface area contributed by atoms with Crippen LogP contribution in [0.4, 0.5) is 0 Å². The molecule has 0 aromatic carbocycles. The SMILES string of the molecule is CCCC1CCN(S(=O)(=O)c2c[nH]c(C(=O)O)c2)CC1. The van der Waals surface area contributed by atoms with Crippen molar-refractivity contribution >= 4 is 16.0 Å². The van der Waals surface area contributed by atoms with Gasteiger partial charge in [-0.3, -0.25) is 0 Å². The van der Waals surface area contributed by atoms with Gasteiger partial charge in [0.05, 0.1) is 0 Å². The van der Waals surface area contributed by atoms with Crippen LogP contribution >= 0.6 is 0 Å². The van der Waals surface area contributed by atoms with Crippen molar-refractivity contribution < 1.29 is 18.3 Å². The first-order valence-corrected chi connectivity index (χ1v) is 8.31. The molecule has 1 aromatic rings. The summed E-state index contributed by atoms with van der Waals surface area (Å²) in [4.78, 5) is 13.3. The van der Waals surface area contributed by atoms with Gasteiger partial charge in [0.2, 0.25) is 10.0 Å². The third kappa shape index (κ3) is 3.04. The molecule has 0 atom stereocenters. The highest BCUT2D eigenvalue weighted by Crippen LogP contribution is 2.26. The van der Waals surface area contributed by atoms with Gasteiger partial charge in [-0.2, -0.15) is 4.31 Å². The summed E-state index contributed by atoms with van der Waals surface area (Å²) in [5.41, 5.74) is -0.107. The average molecular weight is 300 g/mol. The predicted octanol–water partition coefficient (Wildman–Crippen LogP) is 1.91. The molecule has 1 aliphatic heterocycles. The number of aromatic nitrogens is 1. The number of carboxylic acid groups (broad SMARTS) is 1. The van der Waals surface area contributed by atoms with Crippen molar-refractivity contribution in [3.63, 3.8) is 0 Å². The summed E-state index contributed by atoms with van der Waals surface area (Å²) in [7, 11) is -3.57. The molecule has 0 amide bonds. The molecule has 2 N–H and O–H groups in total. The number of H-pyrrole nitrogens is 1. The lowest BCUT2D eigenvalue weighted by Crippen LogP contribution is -2.38. The van der Waals surface area contributed by atoms with E-state index in [1.807, 2.05) is 0 Å². The fourth-order valence-corrected chi connectivity index (χ4v) is 4.11. The fraction of sp³-hybridized carbons (Fsp3) is 0.615. The van der Waals surface area contributed by atoms with E-state index in [1.54, 1.807) is 0 Å². The first-order chi connectivity index (χ1) is 9.45. The summed E-state index contributed by atoms with van der Waals surface area (Å²) in [5, 5.41) is 8.83. The minimum atomic E-state index is -3.57. The monoisotopic (exact) mass is 300 g/mol. The van der Waals surface area contributed by atoms with Gasteiger partial charge in [-0.25, -0.2) is 13.2 Å². The number of aromatic amines is 1. The predicted molar refractivity (Wildman–Crippen MR) is 74.1 cm³/mol. The van der Waals surface area contributed by atoms with Gasteiger partial charge in [0.25, 0.3) is 0 Å². The van der Waals surface area contributed by atoms with E-state index in [1.165, 1.54) is 16.6 Å². The molecule has 1 aliphatic rings. The number of nitrogens with zero attached hydrogens (tertiary/aromatic N) is 1. The number of nitrogens with one attached hydrogen (secondary N) is 1. The number of sulfonamides is 1. The Morgan fingerprint density at radius 3 is 2.60 bits per heavy atom. The van der Waals surface area contributed by atoms with Crippen LogP contribution in [0.3, 0.4) is 0 Å². The van der Waals surface area contributed by atoms with Gasteiger partial charge in [0.1, 0.15) is 10.6 Å². The van der Waals surface area contributed by atoms with Gasteiger partial charge in [0.15, 0.2) is 0 Å². The zero-order chi connectivity index (χ0) is 14.8. The molecule has 20 heavy (non-hydrogen) atoms. The second-order valence-corrected chi connectivity index (χ2v) is 7.13. The number of rotatable bonds is 5. The second kappa shape index (κ2) is 5.97. The van der Waals surface area contributed by atoms with Gasteiger partial charge in [-0.15, -0.1) is 0 Å². The van der Waals surface area contributed by atoms with Crippen molar-refractivity contribution in [1.29, 1.82) is 0 Å². The molecule has 0 saturated carbocycles. The molecule has 0 unspecified atom stereocenters. The Kier molecular flexibility index (Phi) is 4.49. The molecule has 1 saturated heterocycles. The number of hydrogen-bond acceptors (Lipinski definition) is 3. The van der Waals surface area contributed by atoms with E-state index in [9.17, 15) is 13.2 Å². The Morgan fingerprint density at radius 1 is 1.45 bits per heavy atom. The van der Waals surface area contributed by atoms with Gasteiger partial charge in [-0.05, 0) is 24.8 Å². The average Bonchev–Trinajstić information content (AvgIpc) is 2.90. The number of aromatic carboxylic acids is 1. The Morgan fingerprint density at radius 2 is 2.10 bits per heavy atom. The summed E-state index contributed by atoms with van der Waals surface area (Å²) < 4.78 is 26.3. The maximum atomic E-state index is 12.4. The van der Waals surface area contributed by atoms with E-state index in [0.29, 0.717) is 19.0 Å². The molecule has 0 spiro atoms. The first kappa shape index (κ1) is 15.1. The number of piperidine rings is 1. The van der Waals surface area contributed by atoms with Crippen LogP contribution in [0.1, 0.15) is 43.1 Å².